The highest BCUT2D eigenvalue weighted by molar-refractivity contribution is 7.74. The van der Waals surface area contributed by atoms with Gasteiger partial charge >= 0.3 is 0 Å². The van der Waals surface area contributed by atoms with Crippen molar-refractivity contribution in [2.24, 2.45) is 46.3 Å². The van der Waals surface area contributed by atoms with Crippen LogP contribution in [0.15, 0.2) is 72.3 Å². The highest BCUT2D eigenvalue weighted by Gasteiger charge is 2.59. The lowest BCUT2D eigenvalue weighted by Crippen LogP contribution is -2.51. The van der Waals surface area contributed by atoms with E-state index >= 15 is 0 Å². The summed E-state index contributed by atoms with van der Waals surface area (Å²) in [5.74, 6) is 5.10. The maximum absolute atomic E-state index is 14.7. The van der Waals surface area contributed by atoms with Crippen LogP contribution in [-0.2, 0) is 9.09 Å². The Bertz CT molecular complexity index is 1240. The lowest BCUT2D eigenvalue weighted by atomic mass is 9.47. The summed E-state index contributed by atoms with van der Waals surface area (Å²) < 4.78 is 21.4. The first kappa shape index (κ1) is 30.4. The molecule has 0 radical (unpaired) electrons. The first-order valence-corrected chi connectivity index (χ1v) is 18.9. The van der Waals surface area contributed by atoms with E-state index in [-0.39, 0.29) is 11.5 Å². The Morgan fingerprint density at radius 3 is 2.14 bits per heavy atom. The second kappa shape index (κ2) is 12.0. The minimum absolute atomic E-state index is 0.00327. The smallest absolute Gasteiger partial charge is 0.261 e. The normalized spacial score (nSPS) is 35.2. The summed E-state index contributed by atoms with van der Waals surface area (Å²) in [6.07, 6.45) is 16.9. The van der Waals surface area contributed by atoms with Crippen molar-refractivity contribution in [2.75, 3.05) is 0 Å². The zero-order valence-corrected chi connectivity index (χ0v) is 27.8. The summed E-state index contributed by atoms with van der Waals surface area (Å²) >= 11 is 0. The molecule has 8 atom stereocenters. The molecule has 4 aliphatic carbocycles. The third-order valence-electron chi connectivity index (χ3n) is 12.7. The van der Waals surface area contributed by atoms with Crippen LogP contribution in [0, 0.1) is 46.3 Å². The number of hydrogen-bond acceptors (Lipinski definition) is 2. The summed E-state index contributed by atoms with van der Waals surface area (Å²) in [6, 6.07) is 19.8. The van der Waals surface area contributed by atoms with E-state index in [1.807, 2.05) is 60.7 Å². The molecule has 6 rings (SSSR count). The van der Waals surface area contributed by atoms with Gasteiger partial charge in [0.25, 0.3) is 7.37 Å². The molecule has 42 heavy (non-hydrogen) atoms. The molecule has 2 aromatic rings. The largest absolute Gasteiger partial charge is 0.318 e. The third-order valence-corrected chi connectivity index (χ3v) is 15.3. The average Bonchev–Trinajstić information content (AvgIpc) is 3.35. The van der Waals surface area contributed by atoms with Gasteiger partial charge in [0.1, 0.15) is 0 Å². The number of allylic oxidation sites excluding steroid dienone is 1. The van der Waals surface area contributed by atoms with Crippen molar-refractivity contribution in [2.45, 2.75) is 111 Å². The van der Waals surface area contributed by atoms with Crippen LogP contribution in [0.4, 0.5) is 0 Å². The Balaban J connectivity index is 1.18. The number of rotatable bonds is 9. The zero-order valence-electron chi connectivity index (χ0n) is 26.9. The van der Waals surface area contributed by atoms with Gasteiger partial charge in [-0.15, -0.1) is 0 Å². The van der Waals surface area contributed by atoms with Gasteiger partial charge in [0.15, 0.2) is 0 Å². The van der Waals surface area contributed by atoms with Gasteiger partial charge < -0.3 is 4.52 Å². The Kier molecular flexibility index (Phi) is 8.72. The van der Waals surface area contributed by atoms with Gasteiger partial charge in [-0.05, 0) is 122 Å². The van der Waals surface area contributed by atoms with Crippen LogP contribution in [0.5, 0.6) is 0 Å². The topological polar surface area (TPSA) is 26.3 Å². The summed E-state index contributed by atoms with van der Waals surface area (Å²) in [5, 5.41) is 1.62. The van der Waals surface area contributed by atoms with Crippen molar-refractivity contribution in [3.63, 3.8) is 0 Å². The monoisotopic (exact) mass is 586 g/mol. The van der Waals surface area contributed by atoms with Crippen molar-refractivity contribution < 1.29 is 9.09 Å². The molecule has 2 aromatic carbocycles. The molecule has 0 spiro atoms. The SMILES string of the molecule is CC(C)CCC[C@@H](C)[C@@H]1CC[C@@H]2[C@H]3CC=C4C[C@@H](OP(=O)(c5ccccc5)c5ccccc5)CC[C@]4(C)[C@@H]3CC[C@]21C. The van der Waals surface area contributed by atoms with Gasteiger partial charge in [0, 0.05) is 10.6 Å². The quantitative estimate of drug-likeness (QED) is 0.216. The predicted molar refractivity (Wildman–Crippen MR) is 178 cm³/mol. The Morgan fingerprint density at radius 2 is 1.50 bits per heavy atom. The lowest BCUT2D eigenvalue weighted by molar-refractivity contribution is -0.0556. The van der Waals surface area contributed by atoms with Crippen molar-refractivity contribution >= 4 is 18.0 Å². The van der Waals surface area contributed by atoms with Crippen LogP contribution < -0.4 is 10.6 Å². The standard InChI is InChI=1S/C39H55O2P/c1-28(2)13-12-14-29(3)35-21-22-36-34-20-19-30-27-31(23-25-38(30,4)37(34)24-26-39(35,36)5)41-42(40,32-15-8-6-9-16-32)33-17-10-7-11-18-33/h6-11,15-19,28-29,31,34-37H,12-14,20-27H2,1-5H3/t29-,31+,34-,35+,36-,37-,38+,39+/m1/s1. The fourth-order valence-electron chi connectivity index (χ4n) is 10.5. The van der Waals surface area contributed by atoms with E-state index in [4.69, 9.17) is 4.52 Å². The van der Waals surface area contributed by atoms with Crippen LogP contribution in [0.3, 0.4) is 0 Å². The van der Waals surface area contributed by atoms with E-state index < -0.39 is 7.37 Å². The second-order valence-electron chi connectivity index (χ2n) is 15.5. The van der Waals surface area contributed by atoms with E-state index in [2.05, 4.69) is 40.7 Å². The molecule has 0 unspecified atom stereocenters. The summed E-state index contributed by atoms with van der Waals surface area (Å²) in [4.78, 5) is 0. The van der Waals surface area contributed by atoms with Gasteiger partial charge in [-0.3, -0.25) is 4.57 Å². The van der Waals surface area contributed by atoms with E-state index in [1.54, 1.807) is 5.57 Å². The molecule has 0 aromatic heterocycles. The third kappa shape index (κ3) is 5.43. The molecule has 0 aliphatic heterocycles. The van der Waals surface area contributed by atoms with E-state index in [9.17, 15) is 4.57 Å². The molecule has 2 nitrogen and oxygen atoms in total. The molecule has 3 fully saturated rings. The number of hydrogen-bond donors (Lipinski definition) is 0. The maximum atomic E-state index is 14.7. The molecule has 0 bridgehead atoms. The van der Waals surface area contributed by atoms with Crippen LogP contribution >= 0.6 is 7.37 Å². The first-order valence-electron chi connectivity index (χ1n) is 17.2. The van der Waals surface area contributed by atoms with Crippen molar-refractivity contribution in [1.29, 1.82) is 0 Å². The number of fused-ring (bicyclic) bond motifs is 5. The van der Waals surface area contributed by atoms with Gasteiger partial charge in [-0.2, -0.15) is 0 Å². The Labute approximate surface area is 256 Å². The number of benzene rings is 2. The molecule has 0 heterocycles. The molecular formula is C39H55O2P. The van der Waals surface area contributed by atoms with Crippen molar-refractivity contribution in [3.05, 3.63) is 72.3 Å². The Hall–Kier alpha value is -1.63. The van der Waals surface area contributed by atoms with Gasteiger partial charge in [0.05, 0.1) is 6.10 Å². The maximum Gasteiger partial charge on any atom is 0.261 e. The predicted octanol–water partition coefficient (Wildman–Crippen LogP) is 10.3. The van der Waals surface area contributed by atoms with E-state index in [0.29, 0.717) is 5.41 Å². The fourth-order valence-corrected chi connectivity index (χ4v) is 12.7. The molecule has 0 N–H and O–H groups in total. The molecule has 0 saturated heterocycles. The zero-order chi connectivity index (χ0) is 29.5. The van der Waals surface area contributed by atoms with Gasteiger partial charge in [-0.1, -0.05) is 102 Å². The average molecular weight is 587 g/mol. The highest BCUT2D eigenvalue weighted by atomic mass is 31.2. The summed E-state index contributed by atoms with van der Waals surface area (Å²) in [7, 11) is -3.17. The van der Waals surface area contributed by atoms with E-state index in [0.717, 1.165) is 65.4 Å². The summed E-state index contributed by atoms with van der Waals surface area (Å²) in [6.45, 7) is 12.6. The Morgan fingerprint density at radius 1 is 0.833 bits per heavy atom. The second-order valence-corrected chi connectivity index (χ2v) is 17.8. The molecule has 228 valence electrons. The van der Waals surface area contributed by atoms with E-state index in [1.165, 1.54) is 51.4 Å². The minimum Gasteiger partial charge on any atom is -0.318 e. The molecule has 0 amide bonds. The van der Waals surface area contributed by atoms with Crippen LogP contribution in [0.1, 0.15) is 105 Å². The molecule has 3 heteroatoms. The van der Waals surface area contributed by atoms with Gasteiger partial charge in [0.2, 0.25) is 0 Å². The van der Waals surface area contributed by atoms with Crippen LogP contribution in [0.2, 0.25) is 0 Å². The van der Waals surface area contributed by atoms with Crippen molar-refractivity contribution in [1.82, 2.24) is 0 Å². The minimum atomic E-state index is -3.17. The first-order chi connectivity index (χ1) is 20.1. The lowest BCUT2D eigenvalue weighted by Gasteiger charge is -2.58. The highest BCUT2D eigenvalue weighted by Crippen LogP contribution is 2.67. The van der Waals surface area contributed by atoms with Crippen LogP contribution in [0.25, 0.3) is 0 Å². The van der Waals surface area contributed by atoms with Gasteiger partial charge in [-0.25, -0.2) is 0 Å². The summed E-state index contributed by atoms with van der Waals surface area (Å²) in [5.41, 5.74) is 2.40. The molecule has 4 aliphatic rings. The van der Waals surface area contributed by atoms with Crippen LogP contribution in [-0.4, -0.2) is 6.10 Å². The fraction of sp³-hybridized carbons (Fsp3) is 0.641. The molecular weight excluding hydrogens is 531 g/mol. The molecule has 3 saturated carbocycles. The van der Waals surface area contributed by atoms with Crippen molar-refractivity contribution in [3.8, 4) is 0 Å².